The Bertz CT molecular complexity index is 1020. The van der Waals surface area contributed by atoms with Gasteiger partial charge in [0.25, 0.3) is 11.8 Å². The van der Waals surface area contributed by atoms with Crippen LogP contribution >= 0.6 is 11.6 Å². The van der Waals surface area contributed by atoms with Crippen molar-refractivity contribution < 1.29 is 14.3 Å². The Balaban J connectivity index is 1.64. The van der Waals surface area contributed by atoms with Crippen molar-refractivity contribution in [2.45, 2.75) is 13.5 Å². The van der Waals surface area contributed by atoms with E-state index in [1.807, 2.05) is 13.0 Å². The molecule has 28 heavy (non-hydrogen) atoms. The Morgan fingerprint density at radius 3 is 2.43 bits per heavy atom. The second-order valence-electron chi connectivity index (χ2n) is 6.26. The molecule has 0 aliphatic rings. The molecule has 0 fully saturated rings. The van der Waals surface area contributed by atoms with Gasteiger partial charge in [0.15, 0.2) is 0 Å². The molecule has 142 valence electrons. The van der Waals surface area contributed by atoms with Crippen LogP contribution in [0, 0.1) is 6.92 Å². The van der Waals surface area contributed by atoms with E-state index in [0.717, 1.165) is 11.1 Å². The Kier molecular flexibility index (Phi) is 5.96. The Morgan fingerprint density at radius 2 is 1.75 bits per heavy atom. The summed E-state index contributed by atoms with van der Waals surface area (Å²) in [6.07, 6.45) is 0. The van der Waals surface area contributed by atoms with E-state index in [4.69, 9.17) is 22.1 Å². The molecule has 0 saturated carbocycles. The number of benzene rings is 3. The fourth-order valence-electron chi connectivity index (χ4n) is 2.64. The first-order chi connectivity index (χ1) is 13.4. The number of rotatable bonds is 6. The number of primary amides is 1. The lowest BCUT2D eigenvalue weighted by Gasteiger charge is -2.10. The first-order valence-corrected chi connectivity index (χ1v) is 9.00. The molecule has 3 aromatic carbocycles. The van der Waals surface area contributed by atoms with Gasteiger partial charge in [0.1, 0.15) is 12.4 Å². The van der Waals surface area contributed by atoms with Gasteiger partial charge in [-0.25, -0.2) is 0 Å². The van der Waals surface area contributed by atoms with Crippen LogP contribution in [0.5, 0.6) is 5.75 Å². The van der Waals surface area contributed by atoms with Crippen LogP contribution in [-0.4, -0.2) is 11.8 Å². The highest BCUT2D eigenvalue weighted by Crippen LogP contribution is 2.21. The Hall–Kier alpha value is -3.31. The Labute approximate surface area is 168 Å². The molecule has 3 rings (SSSR count). The molecule has 3 N–H and O–H groups in total. The quantitative estimate of drug-likeness (QED) is 0.642. The van der Waals surface area contributed by atoms with E-state index in [1.54, 1.807) is 60.7 Å². The van der Waals surface area contributed by atoms with Crippen molar-refractivity contribution in [1.29, 1.82) is 0 Å². The lowest BCUT2D eigenvalue weighted by atomic mass is 10.1. The standard InChI is InChI=1S/C22H19ClN2O3/c1-14-12-17(10-11-19(14)23)25-22(27)16-8-6-15(7-9-16)13-28-20-5-3-2-4-18(20)21(24)26/h2-12H,13H2,1H3,(H2,24,26)(H,25,27). The van der Waals surface area contributed by atoms with Gasteiger partial charge in [-0.2, -0.15) is 0 Å². The van der Waals surface area contributed by atoms with Crippen LogP contribution in [-0.2, 0) is 6.61 Å². The predicted molar refractivity (Wildman–Crippen MR) is 110 cm³/mol. The number of nitrogens with two attached hydrogens (primary N) is 1. The topological polar surface area (TPSA) is 81.4 Å². The SMILES string of the molecule is Cc1cc(NC(=O)c2ccc(COc3ccccc3C(N)=O)cc2)ccc1Cl. The fraction of sp³-hybridized carbons (Fsp3) is 0.0909. The highest BCUT2D eigenvalue weighted by atomic mass is 35.5. The highest BCUT2D eigenvalue weighted by Gasteiger charge is 2.10. The molecule has 5 nitrogen and oxygen atoms in total. The smallest absolute Gasteiger partial charge is 0.255 e. The highest BCUT2D eigenvalue weighted by molar-refractivity contribution is 6.31. The summed E-state index contributed by atoms with van der Waals surface area (Å²) in [4.78, 5) is 23.8. The minimum absolute atomic E-state index is 0.215. The van der Waals surface area contributed by atoms with Gasteiger partial charge in [-0.05, 0) is 60.5 Å². The van der Waals surface area contributed by atoms with Gasteiger partial charge in [0.05, 0.1) is 5.56 Å². The number of hydrogen-bond acceptors (Lipinski definition) is 3. The first kappa shape index (κ1) is 19.5. The van der Waals surface area contributed by atoms with E-state index >= 15 is 0 Å². The zero-order valence-corrected chi connectivity index (χ0v) is 16.0. The van der Waals surface area contributed by atoms with Crippen LogP contribution in [0.4, 0.5) is 5.69 Å². The number of amides is 2. The van der Waals surface area contributed by atoms with Crippen molar-refractivity contribution in [3.63, 3.8) is 0 Å². The average Bonchev–Trinajstić information content (AvgIpc) is 2.69. The predicted octanol–water partition coefficient (Wildman–Crippen LogP) is 4.58. The van der Waals surface area contributed by atoms with Crippen molar-refractivity contribution in [2.75, 3.05) is 5.32 Å². The van der Waals surface area contributed by atoms with Gasteiger partial charge < -0.3 is 15.8 Å². The number of nitrogens with one attached hydrogen (secondary N) is 1. The van der Waals surface area contributed by atoms with E-state index in [2.05, 4.69) is 5.32 Å². The van der Waals surface area contributed by atoms with Gasteiger partial charge in [0.2, 0.25) is 0 Å². The van der Waals surface area contributed by atoms with Crippen molar-refractivity contribution in [2.24, 2.45) is 5.73 Å². The fourth-order valence-corrected chi connectivity index (χ4v) is 2.75. The molecule has 0 heterocycles. The molecule has 6 heteroatoms. The van der Waals surface area contributed by atoms with E-state index in [0.29, 0.717) is 27.6 Å². The largest absolute Gasteiger partial charge is 0.488 e. The van der Waals surface area contributed by atoms with Crippen LogP contribution < -0.4 is 15.8 Å². The summed E-state index contributed by atoms with van der Waals surface area (Å²) in [7, 11) is 0. The first-order valence-electron chi connectivity index (χ1n) is 8.62. The van der Waals surface area contributed by atoms with Gasteiger partial charge in [-0.3, -0.25) is 9.59 Å². The van der Waals surface area contributed by atoms with Crippen LogP contribution in [0.2, 0.25) is 5.02 Å². The third-order valence-corrected chi connectivity index (χ3v) is 4.60. The van der Waals surface area contributed by atoms with Gasteiger partial charge in [0, 0.05) is 16.3 Å². The van der Waals surface area contributed by atoms with Crippen LogP contribution in [0.15, 0.2) is 66.7 Å². The van der Waals surface area contributed by atoms with E-state index in [1.165, 1.54) is 0 Å². The maximum absolute atomic E-state index is 12.4. The summed E-state index contributed by atoms with van der Waals surface area (Å²) in [6.45, 7) is 2.13. The third-order valence-electron chi connectivity index (χ3n) is 4.18. The van der Waals surface area contributed by atoms with E-state index in [-0.39, 0.29) is 12.5 Å². The van der Waals surface area contributed by atoms with E-state index < -0.39 is 5.91 Å². The lowest BCUT2D eigenvalue weighted by Crippen LogP contribution is -2.13. The maximum atomic E-state index is 12.4. The summed E-state index contributed by atoms with van der Waals surface area (Å²) in [6, 6.07) is 19.2. The normalized spacial score (nSPS) is 10.4. The molecule has 0 aliphatic carbocycles. The number of halogens is 1. The summed E-state index contributed by atoms with van der Waals surface area (Å²) in [5, 5.41) is 3.50. The second kappa shape index (κ2) is 8.59. The molecule has 0 spiro atoms. The van der Waals surface area contributed by atoms with Crippen LogP contribution in [0.25, 0.3) is 0 Å². The van der Waals surface area contributed by atoms with E-state index in [9.17, 15) is 9.59 Å². The van der Waals surface area contributed by atoms with Crippen molar-refractivity contribution in [1.82, 2.24) is 0 Å². The van der Waals surface area contributed by atoms with Crippen molar-refractivity contribution in [3.05, 3.63) is 94.0 Å². The average molecular weight is 395 g/mol. The number of anilines is 1. The number of para-hydroxylation sites is 1. The maximum Gasteiger partial charge on any atom is 0.255 e. The molecule has 0 aromatic heterocycles. The van der Waals surface area contributed by atoms with Crippen LogP contribution in [0.1, 0.15) is 31.8 Å². The summed E-state index contributed by atoms with van der Waals surface area (Å²) in [5.41, 5.74) is 8.63. The molecular weight excluding hydrogens is 376 g/mol. The number of carbonyl (C=O) groups excluding carboxylic acids is 2. The summed E-state index contributed by atoms with van der Waals surface area (Å²) in [5.74, 6) is -0.330. The van der Waals surface area contributed by atoms with Gasteiger partial charge in [-0.1, -0.05) is 35.9 Å². The van der Waals surface area contributed by atoms with Gasteiger partial charge in [-0.15, -0.1) is 0 Å². The summed E-state index contributed by atoms with van der Waals surface area (Å²) >= 11 is 6.00. The lowest BCUT2D eigenvalue weighted by molar-refractivity contribution is 0.0993. The second-order valence-corrected chi connectivity index (χ2v) is 6.67. The minimum Gasteiger partial charge on any atom is -0.488 e. The molecule has 0 unspecified atom stereocenters. The molecule has 2 amide bonds. The number of carbonyl (C=O) groups is 2. The number of ether oxygens (including phenoxy) is 1. The zero-order valence-electron chi connectivity index (χ0n) is 15.2. The third kappa shape index (κ3) is 4.69. The van der Waals surface area contributed by atoms with Gasteiger partial charge >= 0.3 is 0 Å². The molecule has 0 aliphatic heterocycles. The number of hydrogen-bond donors (Lipinski definition) is 2. The van der Waals surface area contributed by atoms with Crippen molar-refractivity contribution in [3.8, 4) is 5.75 Å². The molecule has 0 bridgehead atoms. The number of aryl methyl sites for hydroxylation is 1. The summed E-state index contributed by atoms with van der Waals surface area (Å²) < 4.78 is 5.69. The Morgan fingerprint density at radius 1 is 1.04 bits per heavy atom. The molecular formula is C22H19ClN2O3. The van der Waals surface area contributed by atoms with Crippen molar-refractivity contribution >= 4 is 29.1 Å². The minimum atomic E-state index is -0.542. The van der Waals surface area contributed by atoms with Crippen LogP contribution in [0.3, 0.4) is 0 Å². The molecule has 0 saturated heterocycles. The molecule has 0 atom stereocenters. The molecule has 3 aromatic rings. The monoisotopic (exact) mass is 394 g/mol. The zero-order chi connectivity index (χ0) is 20.1. The molecule has 0 radical (unpaired) electrons.